The number of nitrogens with one attached hydrogen (secondary N) is 1. The molecule has 40 heavy (non-hydrogen) atoms. The van der Waals surface area contributed by atoms with Gasteiger partial charge in [0.15, 0.2) is 11.6 Å². The number of nitrogens with zero attached hydrogens (tertiary/aromatic N) is 1. The number of Topliss-reactive ketones (excluding diaryl/α,β-unsaturated/α-hetero) is 2. The van der Waals surface area contributed by atoms with Gasteiger partial charge in [0, 0.05) is 23.0 Å². The molecule has 3 heterocycles. The van der Waals surface area contributed by atoms with Crippen molar-refractivity contribution in [2.45, 2.75) is 17.5 Å². The number of ketones is 2. The topological polar surface area (TPSA) is 66.5 Å². The number of carbonyl (C=O) groups excluding carboxylic acids is 3. The average Bonchev–Trinajstić information content (AvgIpc) is 3.45. The third kappa shape index (κ3) is 3.31. The number of amides is 1. The molecule has 1 amide bonds. The summed E-state index contributed by atoms with van der Waals surface area (Å²) < 4.78 is 0. The van der Waals surface area contributed by atoms with Crippen LogP contribution in [0, 0.1) is 5.92 Å². The smallest absolute Gasteiger partial charge is 0.238 e. The second-order valence-electron chi connectivity index (χ2n) is 10.3. The highest BCUT2D eigenvalue weighted by Gasteiger charge is 2.70. The minimum absolute atomic E-state index is 0.263. The number of rotatable bonds is 4. The largest absolute Gasteiger partial charge is 0.358 e. The van der Waals surface area contributed by atoms with E-state index in [2.05, 4.69) is 5.32 Å². The summed E-state index contributed by atoms with van der Waals surface area (Å²) in [6.45, 7) is 0. The van der Waals surface area contributed by atoms with Crippen LogP contribution in [0.15, 0.2) is 103 Å². The molecule has 0 unspecified atom stereocenters. The Hall–Kier alpha value is -4.19. The lowest BCUT2D eigenvalue weighted by Crippen LogP contribution is -2.49. The molecule has 1 fully saturated rings. The first kappa shape index (κ1) is 24.8. The van der Waals surface area contributed by atoms with E-state index in [9.17, 15) is 14.4 Å². The van der Waals surface area contributed by atoms with Crippen LogP contribution < -0.4 is 5.32 Å². The molecule has 0 aromatic heterocycles. The van der Waals surface area contributed by atoms with Gasteiger partial charge >= 0.3 is 0 Å². The van der Waals surface area contributed by atoms with E-state index in [1.165, 1.54) is 0 Å². The van der Waals surface area contributed by atoms with Crippen LogP contribution in [0.2, 0.25) is 10.0 Å². The van der Waals surface area contributed by atoms with Gasteiger partial charge in [-0.1, -0.05) is 89.9 Å². The summed E-state index contributed by atoms with van der Waals surface area (Å²) in [6.07, 6.45) is 3.76. The molecule has 0 aliphatic carbocycles. The quantitative estimate of drug-likeness (QED) is 0.272. The van der Waals surface area contributed by atoms with Gasteiger partial charge in [0.25, 0.3) is 0 Å². The van der Waals surface area contributed by atoms with E-state index in [4.69, 9.17) is 23.2 Å². The predicted octanol–water partition coefficient (Wildman–Crippen LogP) is 6.98. The SMILES string of the molecule is O=C(c1ccccc1Cl)[C@@H]1[C@H](C(=O)c2ccccc2Cl)[C@]2(C(=O)Nc3ccccc32)[C@H]2c3ccccc3C=CN12. The van der Waals surface area contributed by atoms with E-state index < -0.39 is 23.4 Å². The second-order valence-corrected chi connectivity index (χ2v) is 11.1. The Morgan fingerprint density at radius 1 is 0.750 bits per heavy atom. The van der Waals surface area contributed by atoms with Crippen LogP contribution in [0.25, 0.3) is 6.08 Å². The number of hydrogen-bond donors (Lipinski definition) is 1. The normalized spacial score (nSPS) is 23.9. The highest BCUT2D eigenvalue weighted by atomic mass is 35.5. The molecule has 1 saturated heterocycles. The van der Waals surface area contributed by atoms with Crippen molar-refractivity contribution in [3.8, 4) is 0 Å². The number of fused-ring (bicyclic) bond motifs is 6. The lowest BCUT2D eigenvalue weighted by Gasteiger charge is -2.38. The molecular formula is C33H22Cl2N2O3. The molecule has 7 heteroatoms. The van der Waals surface area contributed by atoms with E-state index in [0.29, 0.717) is 16.8 Å². The molecule has 0 bridgehead atoms. The summed E-state index contributed by atoms with van der Waals surface area (Å²) in [5, 5.41) is 3.59. The zero-order valence-electron chi connectivity index (χ0n) is 21.1. The fourth-order valence-corrected chi connectivity index (χ4v) is 7.27. The highest BCUT2D eigenvalue weighted by Crippen LogP contribution is 2.62. The summed E-state index contributed by atoms with van der Waals surface area (Å²) in [5.41, 5.74) is 2.23. The summed E-state index contributed by atoms with van der Waals surface area (Å²) in [6, 6.07) is 27.1. The van der Waals surface area contributed by atoms with Crippen LogP contribution >= 0.6 is 23.2 Å². The third-order valence-electron chi connectivity index (χ3n) is 8.40. The molecule has 4 aromatic rings. The van der Waals surface area contributed by atoms with Gasteiger partial charge in [-0.2, -0.15) is 0 Å². The van der Waals surface area contributed by atoms with Crippen LogP contribution in [0.5, 0.6) is 0 Å². The predicted molar refractivity (Wildman–Crippen MR) is 156 cm³/mol. The van der Waals surface area contributed by atoms with Gasteiger partial charge in [-0.3, -0.25) is 14.4 Å². The number of anilines is 1. The van der Waals surface area contributed by atoms with E-state index in [0.717, 1.165) is 11.1 Å². The summed E-state index contributed by atoms with van der Waals surface area (Å²) >= 11 is 13.1. The van der Waals surface area contributed by atoms with Crippen molar-refractivity contribution in [1.29, 1.82) is 0 Å². The average molecular weight is 565 g/mol. The van der Waals surface area contributed by atoms with Gasteiger partial charge in [0.05, 0.1) is 22.0 Å². The first-order valence-electron chi connectivity index (χ1n) is 13.0. The Morgan fingerprint density at radius 3 is 2.08 bits per heavy atom. The van der Waals surface area contributed by atoms with E-state index in [1.807, 2.05) is 65.7 Å². The molecule has 0 radical (unpaired) electrons. The van der Waals surface area contributed by atoms with Crippen molar-refractivity contribution < 1.29 is 14.4 Å². The maximum absolute atomic E-state index is 14.8. The number of benzene rings is 4. The second kappa shape index (κ2) is 9.19. The van der Waals surface area contributed by atoms with Crippen molar-refractivity contribution in [1.82, 2.24) is 4.90 Å². The lowest BCUT2D eigenvalue weighted by atomic mass is 9.62. The zero-order valence-corrected chi connectivity index (χ0v) is 22.6. The molecule has 0 saturated carbocycles. The standard InChI is InChI=1S/C33H22Cl2N2O3/c34-24-14-6-3-11-21(24)29(38)27-28(30(39)22-12-4-7-15-25(22)35)37-18-17-19-9-1-2-10-20(19)31(37)33(27)23-13-5-8-16-26(23)36-32(33)40/h1-18,27-28,31H,(H,36,40)/t27-,28+,31-,33+/m1/s1. The Labute approximate surface area is 241 Å². The van der Waals surface area contributed by atoms with Gasteiger partial charge < -0.3 is 10.2 Å². The number of halogens is 2. The highest BCUT2D eigenvalue weighted by molar-refractivity contribution is 6.35. The molecule has 3 aliphatic rings. The van der Waals surface area contributed by atoms with Gasteiger partial charge in [0.2, 0.25) is 5.91 Å². The number of carbonyl (C=O) groups is 3. The maximum Gasteiger partial charge on any atom is 0.238 e. The molecular weight excluding hydrogens is 543 g/mol. The Kier molecular flexibility index (Phi) is 5.70. The van der Waals surface area contributed by atoms with Crippen LogP contribution in [0.1, 0.15) is 43.4 Å². The Balaban J connectivity index is 1.57. The first-order valence-corrected chi connectivity index (χ1v) is 13.7. The van der Waals surface area contributed by atoms with Crippen molar-refractivity contribution in [2.75, 3.05) is 5.32 Å². The maximum atomic E-state index is 14.8. The number of hydrogen-bond acceptors (Lipinski definition) is 4. The number of para-hydroxylation sites is 1. The lowest BCUT2D eigenvalue weighted by molar-refractivity contribution is -0.122. The molecule has 196 valence electrons. The molecule has 1 spiro atoms. The fraction of sp³-hybridized carbons (Fsp3) is 0.121. The molecule has 4 atom stereocenters. The van der Waals surface area contributed by atoms with E-state index in [-0.39, 0.29) is 33.1 Å². The van der Waals surface area contributed by atoms with Gasteiger partial charge in [0.1, 0.15) is 11.5 Å². The summed E-state index contributed by atoms with van der Waals surface area (Å²) in [7, 11) is 0. The van der Waals surface area contributed by atoms with E-state index >= 15 is 0 Å². The van der Waals surface area contributed by atoms with E-state index in [1.54, 1.807) is 48.5 Å². The minimum atomic E-state index is -1.42. The fourth-order valence-electron chi connectivity index (χ4n) is 6.82. The van der Waals surface area contributed by atoms with Crippen molar-refractivity contribution in [3.05, 3.63) is 141 Å². The molecule has 5 nitrogen and oxygen atoms in total. The molecule has 4 aromatic carbocycles. The Morgan fingerprint density at radius 2 is 1.35 bits per heavy atom. The van der Waals surface area contributed by atoms with Gasteiger partial charge in [-0.15, -0.1) is 0 Å². The van der Waals surface area contributed by atoms with Crippen molar-refractivity contribution in [3.63, 3.8) is 0 Å². The first-order chi connectivity index (χ1) is 19.4. The van der Waals surface area contributed by atoms with Gasteiger partial charge in [-0.05, 0) is 53.1 Å². The summed E-state index contributed by atoms with van der Waals surface area (Å²) in [4.78, 5) is 45.6. The van der Waals surface area contributed by atoms with Crippen molar-refractivity contribution in [2.24, 2.45) is 5.92 Å². The van der Waals surface area contributed by atoms with Crippen LogP contribution in [-0.2, 0) is 10.2 Å². The third-order valence-corrected chi connectivity index (χ3v) is 9.06. The zero-order chi connectivity index (χ0) is 27.6. The minimum Gasteiger partial charge on any atom is -0.358 e. The van der Waals surface area contributed by atoms with Crippen LogP contribution in [0.3, 0.4) is 0 Å². The summed E-state index contributed by atoms with van der Waals surface area (Å²) in [5.74, 6) is -2.14. The molecule has 3 aliphatic heterocycles. The molecule has 1 N–H and O–H groups in total. The van der Waals surface area contributed by atoms with Crippen LogP contribution in [0.4, 0.5) is 5.69 Å². The molecule has 7 rings (SSSR count). The van der Waals surface area contributed by atoms with Gasteiger partial charge in [-0.25, -0.2) is 0 Å². The van der Waals surface area contributed by atoms with Crippen LogP contribution in [-0.4, -0.2) is 28.4 Å². The van der Waals surface area contributed by atoms with Crippen molar-refractivity contribution >= 4 is 52.4 Å². The Bertz CT molecular complexity index is 1770. The monoisotopic (exact) mass is 564 g/mol.